The van der Waals surface area contributed by atoms with Gasteiger partial charge < -0.3 is 14.9 Å². The molecule has 0 unspecified atom stereocenters. The van der Waals surface area contributed by atoms with E-state index in [1.807, 2.05) is 0 Å². The number of methoxy groups -OCH3 is 1. The number of nitro benzene ring substituents is 1. The molecule has 0 saturated carbocycles. The van der Waals surface area contributed by atoms with Crippen LogP contribution in [0.4, 0.5) is 11.4 Å². The topological polar surface area (TPSA) is 130 Å². The number of nitrogens with one attached hydrogen (secondary N) is 1. The molecule has 3 aromatic rings. The first-order chi connectivity index (χ1) is 14.9. The lowest BCUT2D eigenvalue weighted by Gasteiger charge is -2.10. The molecule has 10 heteroatoms. The minimum Gasteiger partial charge on any atom is -0.465 e. The highest BCUT2D eigenvalue weighted by Crippen LogP contribution is 2.13. The van der Waals surface area contributed by atoms with Crippen LogP contribution in [0.15, 0.2) is 71.7 Å². The Morgan fingerprint density at radius 2 is 1.84 bits per heavy atom. The van der Waals surface area contributed by atoms with Gasteiger partial charge in [0.1, 0.15) is 12.2 Å². The van der Waals surface area contributed by atoms with Crippen molar-refractivity contribution in [1.82, 2.24) is 4.73 Å². The summed E-state index contributed by atoms with van der Waals surface area (Å²) in [5.74, 6) is -1.17. The molecule has 0 fully saturated rings. The number of non-ortho nitro benzene ring substituents is 1. The van der Waals surface area contributed by atoms with Crippen molar-refractivity contribution in [2.45, 2.75) is 6.61 Å². The Labute approximate surface area is 175 Å². The fourth-order valence-corrected chi connectivity index (χ4v) is 2.66. The molecule has 0 radical (unpaired) electrons. The molecule has 3 rings (SSSR count). The van der Waals surface area contributed by atoms with Gasteiger partial charge in [-0.05, 0) is 42.0 Å². The second-order valence-electron chi connectivity index (χ2n) is 6.28. The van der Waals surface area contributed by atoms with Gasteiger partial charge in [-0.25, -0.2) is 4.79 Å². The average molecular weight is 423 g/mol. The summed E-state index contributed by atoms with van der Waals surface area (Å²) in [6.45, 7) is -0.109. The zero-order valence-corrected chi connectivity index (χ0v) is 16.3. The van der Waals surface area contributed by atoms with Crippen LogP contribution in [0.2, 0.25) is 0 Å². The van der Waals surface area contributed by atoms with Gasteiger partial charge in [-0.1, -0.05) is 12.1 Å². The fraction of sp³-hybridized carbons (Fsp3) is 0.0952. The highest BCUT2D eigenvalue weighted by atomic mass is 16.7. The molecule has 1 heterocycles. The Kier molecular flexibility index (Phi) is 6.41. The van der Waals surface area contributed by atoms with Crippen LogP contribution in [-0.4, -0.2) is 28.6 Å². The minimum atomic E-state index is -0.698. The van der Waals surface area contributed by atoms with E-state index in [1.165, 1.54) is 67.9 Å². The number of carbonyl (C=O) groups is 2. The van der Waals surface area contributed by atoms with Crippen LogP contribution in [0.1, 0.15) is 26.3 Å². The number of hydrogen-bond acceptors (Lipinski definition) is 7. The highest BCUT2D eigenvalue weighted by Gasteiger charge is 2.14. The second-order valence-corrected chi connectivity index (χ2v) is 6.28. The maximum Gasteiger partial charge on any atom is 0.337 e. The summed E-state index contributed by atoms with van der Waals surface area (Å²) in [4.78, 5) is 52.3. The third kappa shape index (κ3) is 5.12. The molecule has 0 aliphatic rings. The summed E-state index contributed by atoms with van der Waals surface area (Å²) >= 11 is 0. The molecular weight excluding hydrogens is 406 g/mol. The monoisotopic (exact) mass is 423 g/mol. The standard InChI is InChI=1S/C21H17N3O7/c1-30-21(27)15-7-9-16(10-8-15)22-19(25)18-6-3-11-23(20(18)26)31-13-14-4-2-5-17(12-14)24(28)29/h2-12H,13H2,1H3,(H,22,25). The quantitative estimate of drug-likeness (QED) is 0.351. The maximum atomic E-state index is 12.6. The maximum absolute atomic E-state index is 12.6. The van der Waals surface area contributed by atoms with Gasteiger partial charge >= 0.3 is 5.97 Å². The molecule has 0 aliphatic carbocycles. The van der Waals surface area contributed by atoms with Crippen molar-refractivity contribution in [2.75, 3.05) is 12.4 Å². The highest BCUT2D eigenvalue weighted by molar-refractivity contribution is 6.04. The molecule has 0 atom stereocenters. The molecule has 0 spiro atoms. The Morgan fingerprint density at radius 1 is 1.10 bits per heavy atom. The van der Waals surface area contributed by atoms with Gasteiger partial charge in [-0.15, -0.1) is 0 Å². The predicted octanol–water partition coefficient (Wildman–Crippen LogP) is 2.42. The van der Waals surface area contributed by atoms with Gasteiger partial charge in [-0.3, -0.25) is 19.7 Å². The normalized spacial score (nSPS) is 10.2. The number of aromatic nitrogens is 1. The van der Waals surface area contributed by atoms with E-state index >= 15 is 0 Å². The van der Waals surface area contributed by atoms with Crippen molar-refractivity contribution in [3.05, 3.63) is 104 Å². The molecule has 1 N–H and O–H groups in total. The third-order valence-corrected chi connectivity index (χ3v) is 4.22. The van der Waals surface area contributed by atoms with Crippen LogP contribution in [-0.2, 0) is 11.3 Å². The molecule has 0 aliphatic heterocycles. The van der Waals surface area contributed by atoms with Crippen molar-refractivity contribution in [2.24, 2.45) is 0 Å². The molecule has 1 aromatic heterocycles. The number of ether oxygens (including phenoxy) is 1. The Hall–Kier alpha value is -4.47. The van der Waals surface area contributed by atoms with Gasteiger partial charge in [0.05, 0.1) is 17.6 Å². The van der Waals surface area contributed by atoms with E-state index in [2.05, 4.69) is 10.1 Å². The van der Waals surface area contributed by atoms with Crippen LogP contribution < -0.4 is 15.7 Å². The lowest BCUT2D eigenvalue weighted by atomic mass is 10.2. The number of hydrogen-bond donors (Lipinski definition) is 1. The van der Waals surface area contributed by atoms with Gasteiger partial charge in [-0.2, -0.15) is 4.73 Å². The second kappa shape index (κ2) is 9.35. The smallest absolute Gasteiger partial charge is 0.337 e. The summed E-state index contributed by atoms with van der Waals surface area (Å²) < 4.78 is 5.49. The predicted molar refractivity (Wildman–Crippen MR) is 110 cm³/mol. The lowest BCUT2D eigenvalue weighted by Crippen LogP contribution is -2.32. The first-order valence-corrected chi connectivity index (χ1v) is 8.97. The molecule has 10 nitrogen and oxygen atoms in total. The number of nitro groups is 1. The van der Waals surface area contributed by atoms with Gasteiger partial charge in [0.25, 0.3) is 17.2 Å². The number of carbonyl (C=O) groups excluding carboxylic acids is 2. The van der Waals surface area contributed by atoms with Gasteiger partial charge in [0.2, 0.25) is 0 Å². The lowest BCUT2D eigenvalue weighted by molar-refractivity contribution is -0.384. The SMILES string of the molecule is COC(=O)c1ccc(NC(=O)c2cccn(OCc3cccc([N+](=O)[O-])c3)c2=O)cc1. The van der Waals surface area contributed by atoms with Crippen LogP contribution >= 0.6 is 0 Å². The summed E-state index contributed by atoms with van der Waals surface area (Å²) in [6, 6.07) is 14.6. The molecule has 1 amide bonds. The number of anilines is 1. The first kappa shape index (κ1) is 21.2. The molecule has 158 valence electrons. The van der Waals surface area contributed by atoms with E-state index in [9.17, 15) is 24.5 Å². The number of benzene rings is 2. The van der Waals surface area contributed by atoms with Crippen LogP contribution in [0, 0.1) is 10.1 Å². The summed E-state index contributed by atoms with van der Waals surface area (Å²) in [6.07, 6.45) is 1.33. The van der Waals surface area contributed by atoms with E-state index in [1.54, 1.807) is 6.07 Å². The van der Waals surface area contributed by atoms with Crippen molar-refractivity contribution in [1.29, 1.82) is 0 Å². The zero-order valence-electron chi connectivity index (χ0n) is 16.3. The van der Waals surface area contributed by atoms with Gasteiger partial charge in [0, 0.05) is 24.0 Å². The van der Waals surface area contributed by atoms with Gasteiger partial charge in [0.15, 0.2) is 0 Å². The Morgan fingerprint density at radius 3 is 2.52 bits per heavy atom. The molecule has 0 bridgehead atoms. The first-order valence-electron chi connectivity index (χ1n) is 8.97. The molecule has 0 saturated heterocycles. The number of nitrogens with zero attached hydrogens (tertiary/aromatic N) is 2. The van der Waals surface area contributed by atoms with Crippen LogP contribution in [0.5, 0.6) is 0 Å². The van der Waals surface area contributed by atoms with E-state index in [0.29, 0.717) is 16.8 Å². The van der Waals surface area contributed by atoms with Crippen molar-refractivity contribution in [3.8, 4) is 0 Å². The van der Waals surface area contributed by atoms with E-state index in [4.69, 9.17) is 4.84 Å². The summed E-state index contributed by atoms with van der Waals surface area (Å²) in [5, 5.41) is 13.4. The van der Waals surface area contributed by atoms with Crippen molar-refractivity contribution >= 4 is 23.3 Å². The Balaban J connectivity index is 1.72. The fourth-order valence-electron chi connectivity index (χ4n) is 2.66. The third-order valence-electron chi connectivity index (χ3n) is 4.22. The largest absolute Gasteiger partial charge is 0.465 e. The van der Waals surface area contributed by atoms with Crippen LogP contribution in [0.3, 0.4) is 0 Å². The van der Waals surface area contributed by atoms with Crippen LogP contribution in [0.25, 0.3) is 0 Å². The van der Waals surface area contributed by atoms with E-state index in [0.717, 1.165) is 4.73 Å². The number of rotatable bonds is 7. The molecular formula is C21H17N3O7. The Bertz CT molecular complexity index is 1190. The minimum absolute atomic E-state index is 0.0974. The number of esters is 1. The van der Waals surface area contributed by atoms with E-state index < -0.39 is 22.4 Å². The van der Waals surface area contributed by atoms with Crippen molar-refractivity contribution in [3.63, 3.8) is 0 Å². The van der Waals surface area contributed by atoms with E-state index in [-0.39, 0.29) is 17.9 Å². The zero-order chi connectivity index (χ0) is 22.4. The van der Waals surface area contributed by atoms with Crippen molar-refractivity contribution < 1.29 is 24.1 Å². The number of pyridine rings is 1. The molecule has 31 heavy (non-hydrogen) atoms. The molecule has 2 aromatic carbocycles. The number of amides is 1. The summed E-state index contributed by atoms with van der Waals surface area (Å²) in [7, 11) is 1.26. The summed E-state index contributed by atoms with van der Waals surface area (Å²) in [5.41, 5.74) is 0.221. The average Bonchev–Trinajstić information content (AvgIpc) is 2.78.